The van der Waals surface area contributed by atoms with Crippen molar-refractivity contribution in [2.45, 2.75) is 38.5 Å². The molecule has 0 aliphatic carbocycles. The fraction of sp³-hybridized carbons (Fsp3) is 0.333. The highest BCUT2D eigenvalue weighted by Crippen LogP contribution is 2.35. The summed E-state index contributed by atoms with van der Waals surface area (Å²) in [6.07, 6.45) is 1.98. The topological polar surface area (TPSA) is 30.0 Å². The summed E-state index contributed by atoms with van der Waals surface area (Å²) in [7, 11) is 1.98. The molecule has 0 unspecified atom stereocenters. The van der Waals surface area contributed by atoms with E-state index in [1.165, 1.54) is 11.6 Å². The van der Waals surface area contributed by atoms with Crippen LogP contribution in [0.15, 0.2) is 85.5 Å². The molecule has 3 aromatic carbocycles. The van der Waals surface area contributed by atoms with Crippen molar-refractivity contribution in [3.63, 3.8) is 0 Å². The van der Waals surface area contributed by atoms with Gasteiger partial charge in [0, 0.05) is 51.0 Å². The molecule has 1 saturated heterocycles. The van der Waals surface area contributed by atoms with E-state index in [0.29, 0.717) is 18.6 Å². The Bertz CT molecular complexity index is 1150. The van der Waals surface area contributed by atoms with Gasteiger partial charge in [0.2, 0.25) is 0 Å². The van der Waals surface area contributed by atoms with Gasteiger partial charge in [-0.25, -0.2) is 4.39 Å². The van der Waals surface area contributed by atoms with Crippen molar-refractivity contribution in [3.05, 3.63) is 108 Å². The molecule has 3 atom stereocenters. The maximum atomic E-state index is 13.7. The molecule has 0 aromatic heterocycles. The monoisotopic (exact) mass is 473 g/mol. The van der Waals surface area contributed by atoms with Crippen LogP contribution in [0.25, 0.3) is 0 Å². The molecule has 4 nitrogen and oxygen atoms in total. The Morgan fingerprint density at radius 1 is 1.00 bits per heavy atom. The lowest BCUT2D eigenvalue weighted by Gasteiger charge is -2.47. The third kappa shape index (κ3) is 5.92. The largest absolute Gasteiger partial charge is 0.508 e. The minimum absolute atomic E-state index is 0.0184. The van der Waals surface area contributed by atoms with E-state index in [1.807, 2.05) is 31.3 Å². The number of rotatable bonds is 8. The summed E-state index contributed by atoms with van der Waals surface area (Å²) in [6, 6.07) is 23.7. The number of anilines is 1. The van der Waals surface area contributed by atoms with Crippen LogP contribution in [0.1, 0.15) is 36.6 Å². The van der Waals surface area contributed by atoms with Crippen LogP contribution in [0.4, 0.5) is 10.1 Å². The number of nitrogens with zero attached hydrogens (tertiary/aromatic N) is 3. The molecule has 184 valence electrons. The molecule has 0 radical (unpaired) electrons. The highest BCUT2D eigenvalue weighted by molar-refractivity contribution is 5.47. The maximum Gasteiger partial charge on any atom is 0.125 e. The average Bonchev–Trinajstić information content (AvgIpc) is 2.83. The van der Waals surface area contributed by atoms with Gasteiger partial charge in [0.05, 0.1) is 6.04 Å². The molecular weight excluding hydrogens is 437 g/mol. The standard InChI is InChI=1S/C30H36FN3O/c1-5-15-33-19-23(3)34(20-22(33)2)30(26-11-7-14-29(35)17-26)25-10-6-9-24(16-25)21-32(4)28-13-8-12-27(31)18-28/h5-14,16-18,22-23,30,35H,1,15,19-21H2,2-4H3/t22-,23+,30-/m1/s1. The number of halogens is 1. The Balaban J connectivity index is 1.66. The van der Waals surface area contributed by atoms with Gasteiger partial charge in [-0.05, 0) is 60.9 Å². The van der Waals surface area contributed by atoms with E-state index in [-0.39, 0.29) is 17.6 Å². The molecule has 0 saturated carbocycles. The Morgan fingerprint density at radius 3 is 2.43 bits per heavy atom. The molecule has 35 heavy (non-hydrogen) atoms. The second-order valence-corrected chi connectivity index (χ2v) is 9.72. The van der Waals surface area contributed by atoms with Crippen molar-refractivity contribution in [2.75, 3.05) is 31.6 Å². The number of phenolic OH excluding ortho intramolecular Hbond substituents is 1. The van der Waals surface area contributed by atoms with Gasteiger partial charge in [-0.3, -0.25) is 9.80 Å². The first kappa shape index (κ1) is 25.0. The predicted molar refractivity (Wildman–Crippen MR) is 142 cm³/mol. The van der Waals surface area contributed by atoms with Gasteiger partial charge in [-0.2, -0.15) is 0 Å². The van der Waals surface area contributed by atoms with Crippen LogP contribution < -0.4 is 4.90 Å². The van der Waals surface area contributed by atoms with Crippen LogP contribution in [0, 0.1) is 5.82 Å². The summed E-state index contributed by atoms with van der Waals surface area (Å²) in [5.41, 5.74) is 4.28. The van der Waals surface area contributed by atoms with Gasteiger partial charge in [0.15, 0.2) is 0 Å². The Hall–Kier alpha value is -3.15. The molecule has 0 spiro atoms. The molecule has 4 rings (SSSR count). The van der Waals surface area contributed by atoms with E-state index in [4.69, 9.17) is 0 Å². The molecule has 0 bridgehead atoms. The van der Waals surface area contributed by atoms with Gasteiger partial charge in [-0.1, -0.05) is 48.5 Å². The van der Waals surface area contributed by atoms with E-state index in [2.05, 4.69) is 65.5 Å². The average molecular weight is 474 g/mol. The fourth-order valence-electron chi connectivity index (χ4n) is 5.22. The zero-order valence-corrected chi connectivity index (χ0v) is 20.9. The number of hydrogen-bond acceptors (Lipinski definition) is 4. The number of hydrogen-bond donors (Lipinski definition) is 1. The normalized spacial score (nSPS) is 19.9. The van der Waals surface area contributed by atoms with Crippen LogP contribution in [0.2, 0.25) is 0 Å². The molecule has 5 heteroatoms. The minimum atomic E-state index is -0.231. The summed E-state index contributed by atoms with van der Waals surface area (Å²) < 4.78 is 13.7. The van der Waals surface area contributed by atoms with E-state index < -0.39 is 0 Å². The second-order valence-electron chi connectivity index (χ2n) is 9.72. The zero-order valence-electron chi connectivity index (χ0n) is 20.9. The van der Waals surface area contributed by atoms with Crippen molar-refractivity contribution in [2.24, 2.45) is 0 Å². The van der Waals surface area contributed by atoms with Gasteiger partial charge in [0.1, 0.15) is 11.6 Å². The first-order valence-electron chi connectivity index (χ1n) is 12.3. The zero-order chi connectivity index (χ0) is 24.9. The van der Waals surface area contributed by atoms with E-state index >= 15 is 0 Å². The van der Waals surface area contributed by atoms with Gasteiger partial charge in [-0.15, -0.1) is 6.58 Å². The van der Waals surface area contributed by atoms with Gasteiger partial charge in [0.25, 0.3) is 0 Å². The van der Waals surface area contributed by atoms with Crippen LogP contribution in [-0.4, -0.2) is 53.7 Å². The van der Waals surface area contributed by atoms with Crippen LogP contribution in [0.3, 0.4) is 0 Å². The van der Waals surface area contributed by atoms with Crippen molar-refractivity contribution in [1.29, 1.82) is 0 Å². The lowest BCUT2D eigenvalue weighted by atomic mass is 9.92. The summed E-state index contributed by atoms with van der Waals surface area (Å²) in [6.45, 7) is 11.9. The molecule has 1 N–H and O–H groups in total. The van der Waals surface area contributed by atoms with Crippen molar-refractivity contribution in [3.8, 4) is 5.75 Å². The third-order valence-electron chi connectivity index (χ3n) is 6.98. The first-order valence-corrected chi connectivity index (χ1v) is 12.3. The van der Waals surface area contributed by atoms with Crippen molar-refractivity contribution < 1.29 is 9.50 Å². The Labute approximate surface area is 208 Å². The Kier molecular flexibility index (Phi) is 7.89. The third-order valence-corrected chi connectivity index (χ3v) is 6.98. The van der Waals surface area contributed by atoms with Crippen LogP contribution in [0.5, 0.6) is 5.75 Å². The molecule has 1 aliphatic heterocycles. The highest BCUT2D eigenvalue weighted by Gasteiger charge is 2.34. The summed E-state index contributed by atoms with van der Waals surface area (Å²) >= 11 is 0. The quantitative estimate of drug-likeness (QED) is 0.417. The lowest BCUT2D eigenvalue weighted by molar-refractivity contribution is 0.0306. The van der Waals surface area contributed by atoms with Gasteiger partial charge < -0.3 is 10.0 Å². The van der Waals surface area contributed by atoms with E-state index in [0.717, 1.165) is 36.4 Å². The lowest BCUT2D eigenvalue weighted by Crippen LogP contribution is -2.57. The SMILES string of the molecule is C=CCN1C[C@H](C)N([C@@H](c2cccc(O)c2)c2cccc(CN(C)c3cccc(F)c3)c2)C[C@H]1C. The maximum absolute atomic E-state index is 13.7. The highest BCUT2D eigenvalue weighted by atomic mass is 19.1. The molecule has 3 aromatic rings. The molecule has 0 amide bonds. The smallest absolute Gasteiger partial charge is 0.125 e. The molecule has 1 fully saturated rings. The summed E-state index contributed by atoms with van der Waals surface area (Å²) in [4.78, 5) is 7.08. The molecule has 1 aliphatic rings. The van der Waals surface area contributed by atoms with Crippen LogP contribution in [-0.2, 0) is 6.54 Å². The van der Waals surface area contributed by atoms with Gasteiger partial charge >= 0.3 is 0 Å². The summed E-state index contributed by atoms with van der Waals surface area (Å²) in [5, 5.41) is 10.3. The van der Waals surface area contributed by atoms with Crippen LogP contribution >= 0.6 is 0 Å². The number of aromatic hydroxyl groups is 1. The Morgan fingerprint density at radius 2 is 1.71 bits per heavy atom. The second kappa shape index (κ2) is 11.1. The number of piperazine rings is 1. The first-order chi connectivity index (χ1) is 16.9. The number of benzene rings is 3. The van der Waals surface area contributed by atoms with Crippen molar-refractivity contribution >= 4 is 5.69 Å². The predicted octanol–water partition coefficient (Wildman–Crippen LogP) is 5.84. The molecule has 1 heterocycles. The molecular formula is C30H36FN3O. The summed E-state index contributed by atoms with van der Waals surface area (Å²) in [5.74, 6) is 0.0474. The van der Waals surface area contributed by atoms with E-state index in [1.54, 1.807) is 18.2 Å². The van der Waals surface area contributed by atoms with E-state index in [9.17, 15) is 9.50 Å². The van der Waals surface area contributed by atoms with Crippen molar-refractivity contribution in [1.82, 2.24) is 9.80 Å². The number of phenols is 1. The minimum Gasteiger partial charge on any atom is -0.508 e. The fourth-order valence-corrected chi connectivity index (χ4v) is 5.22.